The van der Waals surface area contributed by atoms with Crippen molar-refractivity contribution in [2.45, 2.75) is 37.8 Å². The fourth-order valence-electron chi connectivity index (χ4n) is 3.49. The molecule has 0 spiro atoms. The van der Waals surface area contributed by atoms with E-state index in [1.165, 1.54) is 0 Å². The summed E-state index contributed by atoms with van der Waals surface area (Å²) in [7, 11) is 0. The molecule has 1 atom stereocenters. The minimum atomic E-state index is -0.0381. The van der Waals surface area contributed by atoms with Gasteiger partial charge in [-0.15, -0.1) is 0 Å². The van der Waals surface area contributed by atoms with Gasteiger partial charge in [-0.05, 0) is 19.3 Å². The number of nitrogens with one attached hydrogen (secondary N) is 1. The van der Waals surface area contributed by atoms with E-state index < -0.39 is 0 Å². The van der Waals surface area contributed by atoms with Gasteiger partial charge in [0.1, 0.15) is 0 Å². The van der Waals surface area contributed by atoms with E-state index in [-0.39, 0.29) is 24.1 Å². The van der Waals surface area contributed by atoms with Gasteiger partial charge in [-0.2, -0.15) is 5.10 Å². The van der Waals surface area contributed by atoms with Crippen LogP contribution in [0.4, 0.5) is 10.5 Å². The SMILES string of the molecule is O=C(NCC1CCCO1)N1CC(n2cc(N3CCCC3=O)cn2)C1. The molecule has 0 aromatic carbocycles. The molecule has 8 heteroatoms. The molecule has 130 valence electrons. The highest BCUT2D eigenvalue weighted by molar-refractivity contribution is 5.95. The topological polar surface area (TPSA) is 79.7 Å². The third-order valence-electron chi connectivity index (χ3n) is 5.00. The van der Waals surface area contributed by atoms with Crippen molar-refractivity contribution in [3.8, 4) is 0 Å². The first kappa shape index (κ1) is 15.4. The summed E-state index contributed by atoms with van der Waals surface area (Å²) < 4.78 is 7.37. The fraction of sp³-hybridized carbons (Fsp3) is 0.688. The number of amides is 3. The van der Waals surface area contributed by atoms with E-state index in [2.05, 4.69) is 10.4 Å². The van der Waals surface area contributed by atoms with E-state index in [1.807, 2.05) is 10.9 Å². The van der Waals surface area contributed by atoms with Crippen molar-refractivity contribution in [2.24, 2.45) is 0 Å². The molecule has 4 heterocycles. The van der Waals surface area contributed by atoms with Crippen molar-refractivity contribution in [3.63, 3.8) is 0 Å². The summed E-state index contributed by atoms with van der Waals surface area (Å²) >= 11 is 0. The molecule has 3 fully saturated rings. The predicted octanol–water partition coefficient (Wildman–Crippen LogP) is 0.755. The summed E-state index contributed by atoms with van der Waals surface area (Å²) in [6.45, 7) is 3.45. The Labute approximate surface area is 140 Å². The number of hydrogen-bond donors (Lipinski definition) is 1. The maximum Gasteiger partial charge on any atom is 0.317 e. The second kappa shape index (κ2) is 6.43. The predicted molar refractivity (Wildman–Crippen MR) is 86.8 cm³/mol. The highest BCUT2D eigenvalue weighted by Gasteiger charge is 2.33. The highest BCUT2D eigenvalue weighted by Crippen LogP contribution is 2.25. The molecule has 3 aliphatic heterocycles. The van der Waals surface area contributed by atoms with Crippen molar-refractivity contribution in [2.75, 3.05) is 37.7 Å². The molecule has 1 N–H and O–H groups in total. The van der Waals surface area contributed by atoms with Crippen LogP contribution in [-0.4, -0.2) is 65.5 Å². The van der Waals surface area contributed by atoms with E-state index >= 15 is 0 Å². The van der Waals surface area contributed by atoms with Crippen LogP contribution in [-0.2, 0) is 9.53 Å². The minimum absolute atomic E-state index is 0.0381. The van der Waals surface area contributed by atoms with E-state index in [1.54, 1.807) is 16.0 Å². The van der Waals surface area contributed by atoms with E-state index in [9.17, 15) is 9.59 Å². The summed E-state index contributed by atoms with van der Waals surface area (Å²) in [6, 6.07) is 0.147. The number of urea groups is 1. The molecule has 0 aliphatic carbocycles. The summed E-state index contributed by atoms with van der Waals surface area (Å²) in [5.74, 6) is 0.165. The Morgan fingerprint density at radius 3 is 2.96 bits per heavy atom. The standard InChI is InChI=1S/C16H23N5O3/c22-15-4-1-5-20(15)12-7-18-21(11-12)13-9-19(10-13)16(23)17-8-14-3-2-6-24-14/h7,11,13-14H,1-6,8-10H2,(H,17,23). The highest BCUT2D eigenvalue weighted by atomic mass is 16.5. The van der Waals surface area contributed by atoms with E-state index in [0.29, 0.717) is 26.1 Å². The van der Waals surface area contributed by atoms with Crippen molar-refractivity contribution in [1.29, 1.82) is 0 Å². The lowest BCUT2D eigenvalue weighted by atomic mass is 10.1. The lowest BCUT2D eigenvalue weighted by Gasteiger charge is -2.39. The first-order valence-electron chi connectivity index (χ1n) is 8.69. The summed E-state index contributed by atoms with van der Waals surface area (Å²) in [5, 5.41) is 7.30. The fourth-order valence-corrected chi connectivity index (χ4v) is 3.49. The lowest BCUT2D eigenvalue weighted by Crippen LogP contribution is -2.55. The number of rotatable bonds is 4. The number of likely N-dealkylation sites (tertiary alicyclic amines) is 1. The quantitative estimate of drug-likeness (QED) is 0.882. The van der Waals surface area contributed by atoms with Gasteiger partial charge in [-0.25, -0.2) is 4.79 Å². The van der Waals surface area contributed by atoms with Gasteiger partial charge >= 0.3 is 6.03 Å². The van der Waals surface area contributed by atoms with Crippen LogP contribution in [0.2, 0.25) is 0 Å². The van der Waals surface area contributed by atoms with Crippen molar-refractivity contribution >= 4 is 17.6 Å². The van der Waals surface area contributed by atoms with Gasteiger partial charge in [0, 0.05) is 45.4 Å². The van der Waals surface area contributed by atoms with Gasteiger partial charge in [0.25, 0.3) is 0 Å². The Balaban J connectivity index is 1.25. The van der Waals surface area contributed by atoms with Crippen LogP contribution in [0.25, 0.3) is 0 Å². The van der Waals surface area contributed by atoms with Crippen molar-refractivity contribution in [1.82, 2.24) is 20.0 Å². The van der Waals surface area contributed by atoms with Crippen LogP contribution >= 0.6 is 0 Å². The monoisotopic (exact) mass is 333 g/mol. The third kappa shape index (κ3) is 2.98. The molecule has 1 aromatic heterocycles. The second-order valence-corrected chi connectivity index (χ2v) is 6.71. The molecule has 0 radical (unpaired) electrons. The van der Waals surface area contributed by atoms with Gasteiger partial charge in [0.15, 0.2) is 0 Å². The molecule has 24 heavy (non-hydrogen) atoms. The van der Waals surface area contributed by atoms with Crippen molar-refractivity contribution < 1.29 is 14.3 Å². The molecule has 0 saturated carbocycles. The molecule has 4 rings (SSSR count). The van der Waals surface area contributed by atoms with E-state index in [4.69, 9.17) is 4.74 Å². The molecule has 1 unspecified atom stereocenters. The molecule has 0 bridgehead atoms. The van der Waals surface area contributed by atoms with Crippen LogP contribution < -0.4 is 10.2 Å². The lowest BCUT2D eigenvalue weighted by molar-refractivity contribution is -0.117. The molecular weight excluding hydrogens is 310 g/mol. The maximum absolute atomic E-state index is 12.1. The third-order valence-corrected chi connectivity index (χ3v) is 5.00. The average molecular weight is 333 g/mol. The molecule has 3 aliphatic rings. The zero-order valence-corrected chi connectivity index (χ0v) is 13.7. The van der Waals surface area contributed by atoms with Gasteiger partial charge in [-0.1, -0.05) is 0 Å². The Hall–Kier alpha value is -2.09. The molecule has 8 nitrogen and oxygen atoms in total. The normalized spacial score (nSPS) is 24.5. The zero-order valence-electron chi connectivity index (χ0n) is 13.7. The van der Waals surface area contributed by atoms with Crippen LogP contribution in [0, 0.1) is 0 Å². The van der Waals surface area contributed by atoms with Crippen molar-refractivity contribution in [3.05, 3.63) is 12.4 Å². The Kier molecular flexibility index (Phi) is 4.13. The maximum atomic E-state index is 12.1. The molecule has 3 saturated heterocycles. The smallest absolute Gasteiger partial charge is 0.317 e. The van der Waals surface area contributed by atoms with Crippen LogP contribution in [0.5, 0.6) is 0 Å². The van der Waals surface area contributed by atoms with Crippen LogP contribution in [0.3, 0.4) is 0 Å². The Bertz CT molecular complexity index is 619. The zero-order chi connectivity index (χ0) is 16.5. The van der Waals surface area contributed by atoms with Gasteiger partial charge in [-0.3, -0.25) is 9.48 Å². The number of anilines is 1. The number of aromatic nitrogens is 2. The minimum Gasteiger partial charge on any atom is -0.376 e. The molecule has 1 aromatic rings. The van der Waals surface area contributed by atoms with Crippen LogP contribution in [0.1, 0.15) is 31.7 Å². The van der Waals surface area contributed by atoms with Gasteiger partial charge in [0.05, 0.1) is 24.0 Å². The largest absolute Gasteiger partial charge is 0.376 e. The number of carbonyl (C=O) groups is 2. The number of hydrogen-bond acceptors (Lipinski definition) is 4. The van der Waals surface area contributed by atoms with Crippen LogP contribution in [0.15, 0.2) is 12.4 Å². The van der Waals surface area contributed by atoms with E-state index in [0.717, 1.165) is 38.1 Å². The molecular formula is C16H23N5O3. The molecule has 3 amide bonds. The summed E-state index contributed by atoms with van der Waals surface area (Å²) in [4.78, 5) is 27.4. The van der Waals surface area contributed by atoms with Gasteiger partial charge < -0.3 is 19.9 Å². The average Bonchev–Trinajstić information content (AvgIpc) is 3.24. The second-order valence-electron chi connectivity index (χ2n) is 6.71. The number of ether oxygens (including phenoxy) is 1. The Morgan fingerprint density at radius 2 is 2.25 bits per heavy atom. The summed E-state index contributed by atoms with van der Waals surface area (Å²) in [6.07, 6.45) is 7.44. The number of carbonyl (C=O) groups excluding carboxylic acids is 2. The first-order chi connectivity index (χ1) is 11.7. The van der Waals surface area contributed by atoms with Gasteiger partial charge in [0.2, 0.25) is 5.91 Å². The Morgan fingerprint density at radius 1 is 1.38 bits per heavy atom. The number of nitrogens with zero attached hydrogens (tertiary/aromatic N) is 4. The first-order valence-corrected chi connectivity index (χ1v) is 8.69. The summed E-state index contributed by atoms with van der Waals surface area (Å²) in [5.41, 5.74) is 0.860.